The number of hydrogen-bond donors (Lipinski definition) is 1. The van der Waals surface area contributed by atoms with Crippen LogP contribution in [0.4, 0.5) is 0 Å². The number of aromatic amines is 1. The maximum absolute atomic E-state index is 4.06. The second-order valence-corrected chi connectivity index (χ2v) is 6.60. The van der Waals surface area contributed by atoms with Gasteiger partial charge in [0.1, 0.15) is 0 Å². The first-order chi connectivity index (χ1) is 10.7. The smallest absolute Gasteiger partial charge is 0.0456 e. The van der Waals surface area contributed by atoms with Gasteiger partial charge in [-0.25, -0.2) is 0 Å². The van der Waals surface area contributed by atoms with Crippen LogP contribution in [0.1, 0.15) is 45.1 Å². The molecule has 1 heteroatoms. The van der Waals surface area contributed by atoms with Gasteiger partial charge in [0.25, 0.3) is 0 Å². The Hall–Kier alpha value is -1.76. The first-order valence-corrected chi connectivity index (χ1v) is 8.63. The summed E-state index contributed by atoms with van der Waals surface area (Å²) in [7, 11) is 0. The van der Waals surface area contributed by atoms with Crippen LogP contribution in [0.15, 0.2) is 54.3 Å². The van der Waals surface area contributed by atoms with Crippen LogP contribution in [-0.4, -0.2) is 4.98 Å². The van der Waals surface area contributed by atoms with E-state index in [0.29, 0.717) is 11.8 Å². The highest BCUT2D eigenvalue weighted by Crippen LogP contribution is 2.38. The fraction of sp³-hybridized carbons (Fsp3) is 0.429. The van der Waals surface area contributed by atoms with Gasteiger partial charge in [-0.2, -0.15) is 0 Å². The van der Waals surface area contributed by atoms with Crippen LogP contribution in [0.3, 0.4) is 0 Å². The second-order valence-electron chi connectivity index (χ2n) is 6.60. The number of para-hydroxylation sites is 1. The summed E-state index contributed by atoms with van der Waals surface area (Å²) in [5, 5.41) is 1.37. The number of rotatable bonds is 6. The highest BCUT2D eigenvalue weighted by molar-refractivity contribution is 5.83. The zero-order chi connectivity index (χ0) is 15.5. The van der Waals surface area contributed by atoms with Crippen molar-refractivity contribution in [1.29, 1.82) is 0 Å². The normalized spacial score (nSPS) is 17.1. The maximum atomic E-state index is 4.06. The van der Waals surface area contributed by atoms with Gasteiger partial charge in [0, 0.05) is 17.1 Å². The topological polar surface area (TPSA) is 15.8 Å². The van der Waals surface area contributed by atoms with Gasteiger partial charge >= 0.3 is 0 Å². The molecule has 2 atom stereocenters. The monoisotopic (exact) mass is 293 g/mol. The summed E-state index contributed by atoms with van der Waals surface area (Å²) in [6.07, 6.45) is 10.6. The molecule has 0 amide bonds. The zero-order valence-corrected chi connectivity index (χ0v) is 13.9. The summed E-state index contributed by atoms with van der Waals surface area (Å²) in [4.78, 5) is 3.42. The van der Waals surface area contributed by atoms with E-state index in [1.165, 1.54) is 42.1 Å². The number of allylic oxidation sites excluding steroid dienone is 3. The Balaban J connectivity index is 1.95. The highest BCUT2D eigenvalue weighted by Gasteiger charge is 2.25. The highest BCUT2D eigenvalue weighted by atomic mass is 14.7. The SMILES string of the molecule is C=CC(C)C(Cc1c[nH]c2ccccc12)C(CC)=C1CCC1. The van der Waals surface area contributed by atoms with E-state index in [1.54, 1.807) is 11.1 Å². The third-order valence-electron chi connectivity index (χ3n) is 5.36. The lowest BCUT2D eigenvalue weighted by molar-refractivity contribution is 0.455. The molecule has 1 fully saturated rings. The number of hydrogen-bond acceptors (Lipinski definition) is 0. The van der Waals surface area contributed by atoms with E-state index in [-0.39, 0.29) is 0 Å². The lowest BCUT2D eigenvalue weighted by atomic mass is 9.75. The number of fused-ring (bicyclic) bond motifs is 1. The van der Waals surface area contributed by atoms with Crippen LogP contribution >= 0.6 is 0 Å². The van der Waals surface area contributed by atoms with Crippen LogP contribution < -0.4 is 0 Å². The molecule has 3 rings (SSSR count). The molecule has 2 unspecified atom stereocenters. The Labute approximate surface area is 134 Å². The molecule has 1 nitrogen and oxygen atoms in total. The molecular weight excluding hydrogens is 266 g/mol. The molecule has 0 spiro atoms. The standard InChI is InChI=1S/C21H27N/c1-4-15(3)20(18(5-2)16-9-8-10-16)13-17-14-22-21-12-7-6-11-19(17)21/h4,6-7,11-12,14-15,20,22H,1,5,8-10,13H2,2-3H3. The van der Waals surface area contributed by atoms with Crippen molar-refractivity contribution in [3.05, 3.63) is 59.8 Å². The molecule has 1 heterocycles. The lowest BCUT2D eigenvalue weighted by Crippen LogP contribution is -2.19. The molecule has 1 aliphatic carbocycles. The van der Waals surface area contributed by atoms with Crippen molar-refractivity contribution in [2.75, 3.05) is 0 Å². The van der Waals surface area contributed by atoms with E-state index in [2.05, 4.69) is 61.9 Å². The molecule has 1 aromatic heterocycles. The molecule has 116 valence electrons. The van der Waals surface area contributed by atoms with Crippen molar-refractivity contribution < 1.29 is 0 Å². The van der Waals surface area contributed by atoms with Gasteiger partial charge < -0.3 is 4.98 Å². The van der Waals surface area contributed by atoms with Crippen LogP contribution in [-0.2, 0) is 6.42 Å². The number of benzene rings is 1. The van der Waals surface area contributed by atoms with Crippen LogP contribution in [0.2, 0.25) is 0 Å². The Morgan fingerprint density at radius 1 is 1.32 bits per heavy atom. The van der Waals surface area contributed by atoms with Gasteiger partial charge in [0.2, 0.25) is 0 Å². The van der Waals surface area contributed by atoms with Crippen molar-refractivity contribution in [3.63, 3.8) is 0 Å². The predicted molar refractivity (Wildman–Crippen MR) is 96.0 cm³/mol. The average Bonchev–Trinajstić information content (AvgIpc) is 2.91. The zero-order valence-electron chi connectivity index (χ0n) is 13.9. The Morgan fingerprint density at radius 2 is 2.09 bits per heavy atom. The van der Waals surface area contributed by atoms with Gasteiger partial charge in [-0.15, -0.1) is 6.58 Å². The van der Waals surface area contributed by atoms with E-state index in [4.69, 9.17) is 0 Å². The quantitative estimate of drug-likeness (QED) is 0.625. The van der Waals surface area contributed by atoms with Gasteiger partial charge in [-0.05, 0) is 55.6 Å². The predicted octanol–water partition coefficient (Wildman–Crippen LogP) is 6.04. The van der Waals surface area contributed by atoms with Gasteiger partial charge in [0.15, 0.2) is 0 Å². The Bertz CT molecular complexity index is 683. The Morgan fingerprint density at radius 3 is 2.73 bits per heavy atom. The summed E-state index contributed by atoms with van der Waals surface area (Å²) in [5.41, 5.74) is 6.11. The first kappa shape index (κ1) is 15.1. The molecule has 2 aromatic rings. The fourth-order valence-electron chi connectivity index (χ4n) is 3.78. The molecule has 0 aliphatic heterocycles. The minimum atomic E-state index is 0.525. The number of H-pyrrole nitrogens is 1. The summed E-state index contributed by atoms with van der Waals surface area (Å²) in [5.74, 6) is 1.12. The minimum absolute atomic E-state index is 0.525. The molecule has 0 radical (unpaired) electrons. The largest absolute Gasteiger partial charge is 0.361 e. The van der Waals surface area contributed by atoms with E-state index < -0.39 is 0 Å². The first-order valence-electron chi connectivity index (χ1n) is 8.63. The van der Waals surface area contributed by atoms with Gasteiger partial charge in [0.05, 0.1) is 0 Å². The second kappa shape index (κ2) is 6.56. The molecule has 0 saturated heterocycles. The number of aromatic nitrogens is 1. The number of nitrogens with one attached hydrogen (secondary N) is 1. The molecule has 1 aliphatic rings. The van der Waals surface area contributed by atoms with Gasteiger partial charge in [-0.3, -0.25) is 0 Å². The average molecular weight is 293 g/mol. The van der Waals surface area contributed by atoms with Crippen LogP contribution in [0, 0.1) is 11.8 Å². The summed E-state index contributed by atoms with van der Waals surface area (Å²) in [6.45, 7) is 8.70. The van der Waals surface area contributed by atoms with E-state index in [1.807, 2.05) is 0 Å². The van der Waals surface area contributed by atoms with Crippen molar-refractivity contribution in [2.24, 2.45) is 11.8 Å². The fourth-order valence-corrected chi connectivity index (χ4v) is 3.78. The van der Waals surface area contributed by atoms with Crippen molar-refractivity contribution in [2.45, 2.75) is 46.0 Å². The van der Waals surface area contributed by atoms with Crippen molar-refractivity contribution >= 4 is 10.9 Å². The summed E-state index contributed by atoms with van der Waals surface area (Å²) in [6, 6.07) is 8.63. The van der Waals surface area contributed by atoms with E-state index in [9.17, 15) is 0 Å². The molecule has 22 heavy (non-hydrogen) atoms. The molecule has 1 saturated carbocycles. The van der Waals surface area contributed by atoms with Crippen LogP contribution in [0.5, 0.6) is 0 Å². The van der Waals surface area contributed by atoms with E-state index >= 15 is 0 Å². The lowest BCUT2D eigenvalue weighted by Gasteiger charge is -2.30. The summed E-state index contributed by atoms with van der Waals surface area (Å²) >= 11 is 0. The van der Waals surface area contributed by atoms with Gasteiger partial charge in [-0.1, -0.05) is 49.3 Å². The van der Waals surface area contributed by atoms with Crippen molar-refractivity contribution in [1.82, 2.24) is 4.98 Å². The maximum Gasteiger partial charge on any atom is 0.0456 e. The van der Waals surface area contributed by atoms with E-state index in [0.717, 1.165) is 6.42 Å². The minimum Gasteiger partial charge on any atom is -0.361 e. The molecule has 0 bridgehead atoms. The third-order valence-corrected chi connectivity index (χ3v) is 5.36. The Kier molecular flexibility index (Phi) is 4.52. The summed E-state index contributed by atoms with van der Waals surface area (Å²) < 4.78 is 0. The van der Waals surface area contributed by atoms with Crippen LogP contribution in [0.25, 0.3) is 10.9 Å². The third kappa shape index (κ3) is 2.77. The molecular formula is C21H27N. The molecule has 1 N–H and O–H groups in total. The molecule has 1 aromatic carbocycles. The van der Waals surface area contributed by atoms with Crippen molar-refractivity contribution in [3.8, 4) is 0 Å².